The van der Waals surface area contributed by atoms with E-state index in [1.165, 1.54) is 0 Å². The SMILES string of the molecule is Cc1ccc(-c2cc(-c3ccccn3)nc(OCC(=O)O)c2C#N)cc1. The van der Waals surface area contributed by atoms with Gasteiger partial charge in [-0.25, -0.2) is 9.78 Å². The topological polar surface area (TPSA) is 96.1 Å². The number of pyridine rings is 2. The van der Waals surface area contributed by atoms with Gasteiger partial charge in [0.05, 0.1) is 11.4 Å². The number of aliphatic carboxylic acids is 1. The number of carboxylic acid groups (broad SMARTS) is 1. The smallest absolute Gasteiger partial charge is 0.341 e. The van der Waals surface area contributed by atoms with Gasteiger partial charge in [-0.05, 0) is 30.7 Å². The van der Waals surface area contributed by atoms with Crippen LogP contribution in [-0.2, 0) is 4.79 Å². The lowest BCUT2D eigenvalue weighted by atomic mass is 9.99. The van der Waals surface area contributed by atoms with E-state index in [1.54, 1.807) is 24.4 Å². The minimum Gasteiger partial charge on any atom is -0.479 e. The molecule has 1 N–H and O–H groups in total. The third-order valence-corrected chi connectivity index (χ3v) is 3.72. The Labute approximate surface area is 150 Å². The summed E-state index contributed by atoms with van der Waals surface area (Å²) in [5, 5.41) is 18.5. The summed E-state index contributed by atoms with van der Waals surface area (Å²) >= 11 is 0. The summed E-state index contributed by atoms with van der Waals surface area (Å²) < 4.78 is 5.28. The number of rotatable bonds is 5. The van der Waals surface area contributed by atoms with Crippen molar-refractivity contribution < 1.29 is 14.6 Å². The molecule has 3 rings (SSSR count). The molecule has 2 aromatic heterocycles. The highest BCUT2D eigenvalue weighted by Crippen LogP contribution is 2.33. The van der Waals surface area contributed by atoms with Crippen LogP contribution in [0.25, 0.3) is 22.5 Å². The normalized spacial score (nSPS) is 10.2. The quantitative estimate of drug-likeness (QED) is 0.761. The predicted octanol–water partition coefficient (Wildman–Crippen LogP) is 3.45. The number of carboxylic acids is 1. The first-order valence-electron chi connectivity index (χ1n) is 7.86. The van der Waals surface area contributed by atoms with Crippen molar-refractivity contribution in [3.05, 3.63) is 65.9 Å². The molecule has 0 saturated heterocycles. The fourth-order valence-electron chi connectivity index (χ4n) is 2.47. The Morgan fingerprint density at radius 2 is 1.96 bits per heavy atom. The molecule has 0 amide bonds. The van der Waals surface area contributed by atoms with Crippen LogP contribution in [0, 0.1) is 18.3 Å². The van der Waals surface area contributed by atoms with Crippen LogP contribution in [0.1, 0.15) is 11.1 Å². The summed E-state index contributed by atoms with van der Waals surface area (Å²) in [5.74, 6) is -1.16. The highest BCUT2D eigenvalue weighted by Gasteiger charge is 2.17. The van der Waals surface area contributed by atoms with Crippen molar-refractivity contribution in [3.63, 3.8) is 0 Å². The van der Waals surface area contributed by atoms with Crippen LogP contribution in [0.5, 0.6) is 5.88 Å². The minimum absolute atomic E-state index is 0.0198. The van der Waals surface area contributed by atoms with Crippen LogP contribution in [0.15, 0.2) is 54.7 Å². The molecular weight excluding hydrogens is 330 g/mol. The maximum absolute atomic E-state index is 10.9. The van der Waals surface area contributed by atoms with E-state index in [2.05, 4.69) is 16.0 Å². The number of aryl methyl sites for hydroxylation is 1. The highest BCUT2D eigenvalue weighted by atomic mass is 16.5. The van der Waals surface area contributed by atoms with Crippen molar-refractivity contribution in [1.82, 2.24) is 9.97 Å². The first kappa shape index (κ1) is 17.1. The standard InChI is InChI=1S/C20H15N3O3/c1-13-5-7-14(8-6-13)15-10-18(17-4-2-3-9-22-17)23-20(16(15)11-21)26-12-19(24)25/h2-10H,12H2,1H3,(H,24,25). The van der Waals surface area contributed by atoms with Gasteiger partial charge in [-0.2, -0.15) is 5.26 Å². The maximum Gasteiger partial charge on any atom is 0.341 e. The first-order chi connectivity index (χ1) is 12.6. The molecule has 0 bridgehead atoms. The lowest BCUT2D eigenvalue weighted by molar-refractivity contribution is -0.139. The Hall–Kier alpha value is -3.72. The Bertz CT molecular complexity index is 978. The second-order valence-electron chi connectivity index (χ2n) is 5.61. The van der Waals surface area contributed by atoms with Gasteiger partial charge in [-0.1, -0.05) is 35.9 Å². The molecule has 0 aliphatic rings. The molecule has 2 heterocycles. The van der Waals surface area contributed by atoms with Crippen molar-refractivity contribution in [2.24, 2.45) is 0 Å². The van der Waals surface area contributed by atoms with E-state index in [0.29, 0.717) is 17.0 Å². The second kappa shape index (κ2) is 7.45. The molecule has 6 nitrogen and oxygen atoms in total. The second-order valence-corrected chi connectivity index (χ2v) is 5.61. The summed E-state index contributed by atoms with van der Waals surface area (Å²) in [7, 11) is 0. The molecule has 26 heavy (non-hydrogen) atoms. The summed E-state index contributed by atoms with van der Waals surface area (Å²) in [5.41, 5.74) is 3.81. The zero-order valence-corrected chi connectivity index (χ0v) is 14.0. The van der Waals surface area contributed by atoms with E-state index in [0.717, 1.165) is 11.1 Å². The van der Waals surface area contributed by atoms with E-state index >= 15 is 0 Å². The largest absolute Gasteiger partial charge is 0.479 e. The molecule has 1 aromatic carbocycles. The van der Waals surface area contributed by atoms with Crippen LogP contribution in [-0.4, -0.2) is 27.7 Å². The van der Waals surface area contributed by atoms with Gasteiger partial charge in [0, 0.05) is 11.8 Å². The zero-order valence-electron chi connectivity index (χ0n) is 14.0. The summed E-state index contributed by atoms with van der Waals surface area (Å²) in [4.78, 5) is 19.5. The summed E-state index contributed by atoms with van der Waals surface area (Å²) in [6, 6.07) is 16.9. The molecular formula is C20H15N3O3. The Morgan fingerprint density at radius 3 is 2.58 bits per heavy atom. The van der Waals surface area contributed by atoms with Gasteiger partial charge >= 0.3 is 5.97 Å². The van der Waals surface area contributed by atoms with Gasteiger partial charge < -0.3 is 9.84 Å². The number of benzene rings is 1. The number of nitriles is 1. The monoisotopic (exact) mass is 345 g/mol. The average Bonchev–Trinajstić information content (AvgIpc) is 2.67. The molecule has 0 aliphatic carbocycles. The van der Waals surface area contributed by atoms with Crippen LogP contribution in [0.2, 0.25) is 0 Å². The third kappa shape index (κ3) is 3.68. The van der Waals surface area contributed by atoms with E-state index in [4.69, 9.17) is 9.84 Å². The van der Waals surface area contributed by atoms with E-state index in [9.17, 15) is 10.1 Å². The van der Waals surface area contributed by atoms with Gasteiger partial charge in [0.15, 0.2) is 6.61 Å². The molecule has 128 valence electrons. The molecule has 0 fully saturated rings. The molecule has 6 heteroatoms. The van der Waals surface area contributed by atoms with Crippen LogP contribution < -0.4 is 4.74 Å². The average molecular weight is 345 g/mol. The van der Waals surface area contributed by atoms with Gasteiger partial charge in [0.25, 0.3) is 0 Å². The molecule has 3 aromatic rings. The van der Waals surface area contributed by atoms with Crippen molar-refractivity contribution in [2.45, 2.75) is 6.92 Å². The molecule has 0 saturated carbocycles. The molecule has 0 atom stereocenters. The van der Waals surface area contributed by atoms with Crippen LogP contribution >= 0.6 is 0 Å². The first-order valence-corrected chi connectivity index (χ1v) is 7.86. The van der Waals surface area contributed by atoms with Gasteiger partial charge in [-0.15, -0.1) is 0 Å². The Morgan fingerprint density at radius 1 is 1.19 bits per heavy atom. The number of carbonyl (C=O) groups is 1. The highest BCUT2D eigenvalue weighted by molar-refractivity contribution is 5.77. The third-order valence-electron chi connectivity index (χ3n) is 3.72. The fraction of sp³-hybridized carbons (Fsp3) is 0.100. The number of aromatic nitrogens is 2. The number of ether oxygens (including phenoxy) is 1. The molecule has 0 spiro atoms. The van der Waals surface area contributed by atoms with Crippen LogP contribution in [0.4, 0.5) is 0 Å². The molecule has 0 unspecified atom stereocenters. The van der Waals surface area contributed by atoms with Gasteiger partial charge in [0.1, 0.15) is 11.6 Å². The van der Waals surface area contributed by atoms with Crippen molar-refractivity contribution in [3.8, 4) is 34.5 Å². The predicted molar refractivity (Wildman–Crippen MR) is 95.5 cm³/mol. The molecule has 0 aliphatic heterocycles. The van der Waals surface area contributed by atoms with E-state index in [-0.39, 0.29) is 11.4 Å². The summed E-state index contributed by atoms with van der Waals surface area (Å²) in [6.45, 7) is 1.39. The molecule has 0 radical (unpaired) electrons. The number of hydrogen-bond acceptors (Lipinski definition) is 5. The number of hydrogen-bond donors (Lipinski definition) is 1. The van der Waals surface area contributed by atoms with Crippen molar-refractivity contribution >= 4 is 5.97 Å². The Balaban J connectivity index is 2.20. The van der Waals surface area contributed by atoms with Crippen LogP contribution in [0.3, 0.4) is 0 Å². The summed E-state index contributed by atoms with van der Waals surface area (Å²) in [6.07, 6.45) is 1.64. The maximum atomic E-state index is 10.9. The van der Waals surface area contributed by atoms with Crippen molar-refractivity contribution in [2.75, 3.05) is 6.61 Å². The van der Waals surface area contributed by atoms with E-state index in [1.807, 2.05) is 37.3 Å². The number of nitrogens with zero attached hydrogens (tertiary/aromatic N) is 3. The van der Waals surface area contributed by atoms with Gasteiger partial charge in [0.2, 0.25) is 5.88 Å². The minimum atomic E-state index is -1.14. The van der Waals surface area contributed by atoms with Crippen molar-refractivity contribution in [1.29, 1.82) is 5.26 Å². The lowest BCUT2D eigenvalue weighted by Gasteiger charge is -2.12. The zero-order chi connectivity index (χ0) is 18.5. The fourth-order valence-corrected chi connectivity index (χ4v) is 2.47. The Kier molecular flexibility index (Phi) is 4.90. The van der Waals surface area contributed by atoms with E-state index < -0.39 is 12.6 Å². The lowest BCUT2D eigenvalue weighted by Crippen LogP contribution is -2.12. The van der Waals surface area contributed by atoms with Gasteiger partial charge in [-0.3, -0.25) is 4.98 Å².